The van der Waals surface area contributed by atoms with Gasteiger partial charge in [0.05, 0.1) is 4.90 Å². The van der Waals surface area contributed by atoms with Crippen LogP contribution in [0.2, 0.25) is 0 Å². The molecule has 152 valence electrons. The Hall–Kier alpha value is -2.72. The maximum atomic E-state index is 12.1. The molecule has 0 saturated carbocycles. The molecule has 1 aromatic carbocycles. The minimum absolute atomic E-state index is 0.0290. The van der Waals surface area contributed by atoms with Crippen molar-refractivity contribution in [1.29, 1.82) is 0 Å². The summed E-state index contributed by atoms with van der Waals surface area (Å²) >= 11 is 0. The summed E-state index contributed by atoms with van der Waals surface area (Å²) in [6.07, 6.45) is 1.20. The van der Waals surface area contributed by atoms with Gasteiger partial charge in [0.15, 0.2) is 11.8 Å². The van der Waals surface area contributed by atoms with Gasteiger partial charge in [-0.1, -0.05) is 25.5 Å². The summed E-state index contributed by atoms with van der Waals surface area (Å²) < 4.78 is 27.6. The van der Waals surface area contributed by atoms with E-state index in [9.17, 15) is 18.0 Å². The number of nitrogens with one attached hydrogen (secondary N) is 2. The summed E-state index contributed by atoms with van der Waals surface area (Å²) in [6.45, 7) is 3.80. The summed E-state index contributed by atoms with van der Waals surface area (Å²) in [5.74, 6) is -1.10. The number of esters is 1. The SMILES string of the molecule is CCCc1cc(C(=O)OC(C)C(=O)NCCc2ccc(S(N)(=O)=O)cc2)n[nH]1. The van der Waals surface area contributed by atoms with Crippen molar-refractivity contribution < 1.29 is 22.7 Å². The first-order valence-corrected chi connectivity index (χ1v) is 10.4. The number of hydrogen-bond acceptors (Lipinski definition) is 6. The molecule has 1 amide bonds. The first kappa shape index (κ1) is 21.6. The molecule has 0 aliphatic carbocycles. The molecule has 2 rings (SSSR count). The van der Waals surface area contributed by atoms with Crippen LogP contribution in [-0.2, 0) is 32.4 Å². The molecule has 10 heteroatoms. The molecule has 1 unspecified atom stereocenters. The summed E-state index contributed by atoms with van der Waals surface area (Å²) in [4.78, 5) is 24.2. The van der Waals surface area contributed by atoms with E-state index in [0.717, 1.165) is 24.1 Å². The molecule has 28 heavy (non-hydrogen) atoms. The zero-order valence-electron chi connectivity index (χ0n) is 15.8. The number of carbonyl (C=O) groups is 2. The maximum Gasteiger partial charge on any atom is 0.359 e. The number of carbonyl (C=O) groups excluding carboxylic acids is 2. The number of aromatic nitrogens is 2. The highest BCUT2D eigenvalue weighted by molar-refractivity contribution is 7.89. The second kappa shape index (κ2) is 9.47. The monoisotopic (exact) mass is 408 g/mol. The van der Waals surface area contributed by atoms with Crippen molar-refractivity contribution in [1.82, 2.24) is 15.5 Å². The van der Waals surface area contributed by atoms with Gasteiger partial charge in [-0.2, -0.15) is 5.10 Å². The third-order valence-electron chi connectivity index (χ3n) is 3.98. The lowest BCUT2D eigenvalue weighted by molar-refractivity contribution is -0.129. The third kappa shape index (κ3) is 6.17. The number of nitrogens with two attached hydrogens (primary N) is 1. The lowest BCUT2D eigenvalue weighted by Crippen LogP contribution is -2.37. The summed E-state index contributed by atoms with van der Waals surface area (Å²) in [5, 5.41) is 14.4. The normalized spacial score (nSPS) is 12.4. The van der Waals surface area contributed by atoms with Crippen LogP contribution < -0.4 is 10.5 Å². The molecule has 2 aromatic rings. The highest BCUT2D eigenvalue weighted by Gasteiger charge is 2.20. The second-order valence-electron chi connectivity index (χ2n) is 6.31. The number of ether oxygens (including phenoxy) is 1. The van der Waals surface area contributed by atoms with Gasteiger partial charge in [-0.05, 0) is 43.5 Å². The van der Waals surface area contributed by atoms with Gasteiger partial charge in [0.2, 0.25) is 10.0 Å². The van der Waals surface area contributed by atoms with Gasteiger partial charge in [-0.25, -0.2) is 18.4 Å². The Labute approximate surface area is 163 Å². The number of amides is 1. The van der Waals surface area contributed by atoms with E-state index in [1.807, 2.05) is 6.92 Å². The fourth-order valence-electron chi connectivity index (χ4n) is 2.46. The Morgan fingerprint density at radius 2 is 1.93 bits per heavy atom. The standard InChI is InChI=1S/C18H24N4O5S/c1-3-4-14-11-16(22-21-14)18(24)27-12(2)17(23)20-10-9-13-5-7-15(8-6-13)28(19,25)26/h5-8,11-12H,3-4,9-10H2,1-2H3,(H,20,23)(H,21,22)(H2,19,25,26). The van der Waals surface area contributed by atoms with Crippen LogP contribution >= 0.6 is 0 Å². The number of sulfonamides is 1. The van der Waals surface area contributed by atoms with E-state index >= 15 is 0 Å². The van der Waals surface area contributed by atoms with Crippen LogP contribution in [0.3, 0.4) is 0 Å². The highest BCUT2D eigenvalue weighted by Crippen LogP contribution is 2.09. The van der Waals surface area contributed by atoms with Gasteiger partial charge in [0.25, 0.3) is 5.91 Å². The number of aryl methyl sites for hydroxylation is 1. The Morgan fingerprint density at radius 3 is 2.54 bits per heavy atom. The van der Waals surface area contributed by atoms with Crippen LogP contribution in [-0.4, -0.2) is 43.1 Å². The van der Waals surface area contributed by atoms with E-state index in [2.05, 4.69) is 15.5 Å². The lowest BCUT2D eigenvalue weighted by atomic mass is 10.1. The van der Waals surface area contributed by atoms with E-state index in [1.165, 1.54) is 19.1 Å². The average molecular weight is 408 g/mol. The predicted molar refractivity (Wildman–Crippen MR) is 102 cm³/mol. The van der Waals surface area contributed by atoms with Gasteiger partial charge in [-0.3, -0.25) is 9.89 Å². The largest absolute Gasteiger partial charge is 0.448 e. The number of benzene rings is 1. The molecular formula is C18H24N4O5S. The van der Waals surface area contributed by atoms with Gasteiger partial charge < -0.3 is 10.1 Å². The number of primary sulfonamides is 1. The molecule has 0 radical (unpaired) electrons. The van der Waals surface area contributed by atoms with Crippen molar-refractivity contribution in [2.24, 2.45) is 5.14 Å². The molecule has 0 saturated heterocycles. The first-order chi connectivity index (χ1) is 13.2. The Balaban J connectivity index is 1.79. The molecule has 4 N–H and O–H groups in total. The smallest absolute Gasteiger partial charge is 0.359 e. The fourth-order valence-corrected chi connectivity index (χ4v) is 2.97. The van der Waals surface area contributed by atoms with Gasteiger partial charge >= 0.3 is 5.97 Å². The molecule has 0 aliphatic rings. The van der Waals surface area contributed by atoms with Crippen molar-refractivity contribution in [2.75, 3.05) is 6.54 Å². The zero-order chi connectivity index (χ0) is 20.7. The van der Waals surface area contributed by atoms with E-state index < -0.39 is 28.0 Å². The van der Waals surface area contributed by atoms with Crippen molar-refractivity contribution in [3.05, 3.63) is 47.3 Å². The average Bonchev–Trinajstić information content (AvgIpc) is 3.10. The lowest BCUT2D eigenvalue weighted by Gasteiger charge is -2.12. The van der Waals surface area contributed by atoms with Crippen molar-refractivity contribution in [3.8, 4) is 0 Å². The molecule has 0 spiro atoms. The number of hydrogen-bond donors (Lipinski definition) is 3. The molecule has 1 atom stereocenters. The number of nitrogens with zero attached hydrogens (tertiary/aromatic N) is 1. The molecule has 9 nitrogen and oxygen atoms in total. The van der Waals surface area contributed by atoms with E-state index in [4.69, 9.17) is 9.88 Å². The van der Waals surface area contributed by atoms with Crippen LogP contribution in [0.1, 0.15) is 42.0 Å². The minimum Gasteiger partial charge on any atom is -0.448 e. The molecular weight excluding hydrogens is 384 g/mol. The zero-order valence-corrected chi connectivity index (χ0v) is 16.6. The molecule has 0 fully saturated rings. The molecule has 1 heterocycles. The van der Waals surface area contributed by atoms with Crippen LogP contribution in [0.15, 0.2) is 35.2 Å². The highest BCUT2D eigenvalue weighted by atomic mass is 32.2. The minimum atomic E-state index is -3.73. The third-order valence-corrected chi connectivity index (χ3v) is 4.91. The van der Waals surface area contributed by atoms with E-state index in [-0.39, 0.29) is 10.6 Å². The van der Waals surface area contributed by atoms with Gasteiger partial charge in [0, 0.05) is 12.2 Å². The summed E-state index contributed by atoms with van der Waals surface area (Å²) in [7, 11) is -3.73. The van der Waals surface area contributed by atoms with Crippen molar-refractivity contribution in [3.63, 3.8) is 0 Å². The van der Waals surface area contributed by atoms with Crippen LogP contribution in [0.5, 0.6) is 0 Å². The van der Waals surface area contributed by atoms with Crippen molar-refractivity contribution in [2.45, 2.75) is 44.1 Å². The second-order valence-corrected chi connectivity index (χ2v) is 7.87. The van der Waals surface area contributed by atoms with Crippen LogP contribution in [0.25, 0.3) is 0 Å². The predicted octanol–water partition coefficient (Wildman–Crippen LogP) is 0.914. The number of rotatable bonds is 9. The summed E-state index contributed by atoms with van der Waals surface area (Å²) in [5.41, 5.74) is 1.80. The number of aromatic amines is 1. The van der Waals surface area contributed by atoms with Gasteiger partial charge in [0.1, 0.15) is 0 Å². The van der Waals surface area contributed by atoms with Crippen LogP contribution in [0, 0.1) is 0 Å². The maximum absolute atomic E-state index is 12.1. The molecule has 0 bridgehead atoms. The Kier molecular flexibility index (Phi) is 7.30. The first-order valence-electron chi connectivity index (χ1n) is 8.85. The Bertz CT molecular complexity index is 922. The van der Waals surface area contributed by atoms with Crippen molar-refractivity contribution >= 4 is 21.9 Å². The summed E-state index contributed by atoms with van der Waals surface area (Å²) in [6, 6.07) is 7.68. The Morgan fingerprint density at radius 1 is 1.25 bits per heavy atom. The van der Waals surface area contributed by atoms with E-state index in [0.29, 0.717) is 13.0 Å². The van der Waals surface area contributed by atoms with Gasteiger partial charge in [-0.15, -0.1) is 0 Å². The topological polar surface area (TPSA) is 144 Å². The fraction of sp³-hybridized carbons (Fsp3) is 0.389. The van der Waals surface area contributed by atoms with Crippen LogP contribution in [0.4, 0.5) is 0 Å². The quantitative estimate of drug-likeness (QED) is 0.526. The van der Waals surface area contributed by atoms with E-state index in [1.54, 1.807) is 18.2 Å². The number of H-pyrrole nitrogens is 1. The molecule has 0 aliphatic heterocycles. The molecule has 1 aromatic heterocycles.